The van der Waals surface area contributed by atoms with Crippen molar-refractivity contribution < 1.29 is 19.5 Å². The third-order valence-electron chi connectivity index (χ3n) is 2.32. The number of hydrogen-bond acceptors (Lipinski definition) is 3. The Morgan fingerprint density at radius 2 is 2.06 bits per heavy atom. The van der Waals surface area contributed by atoms with E-state index in [9.17, 15) is 9.59 Å². The first-order valence-electron chi connectivity index (χ1n) is 4.91. The highest BCUT2D eigenvalue weighted by Gasteiger charge is 2.29. The van der Waals surface area contributed by atoms with Crippen LogP contribution in [0.1, 0.15) is 23.7 Å². The average Bonchev–Trinajstić information content (AvgIpc) is 2.58. The summed E-state index contributed by atoms with van der Waals surface area (Å²) in [5.74, 6) is -1.11. The Morgan fingerprint density at radius 1 is 1.44 bits per heavy atom. The van der Waals surface area contributed by atoms with Crippen molar-refractivity contribution in [1.82, 2.24) is 0 Å². The highest BCUT2D eigenvalue weighted by Crippen LogP contribution is 2.23. The number of benzene rings is 1. The summed E-state index contributed by atoms with van der Waals surface area (Å²) < 4.78 is 0. The summed E-state index contributed by atoms with van der Waals surface area (Å²) in [6.07, 6.45) is 0.215. The summed E-state index contributed by atoms with van der Waals surface area (Å²) in [7, 11) is 0. The van der Waals surface area contributed by atoms with Crippen molar-refractivity contribution in [2.75, 3.05) is 5.06 Å². The van der Waals surface area contributed by atoms with Crippen LogP contribution >= 0.6 is 0 Å². The monoisotopic (exact) mass is 221 g/mol. The number of hydrogen-bond donors (Lipinski definition) is 1. The molecule has 1 aliphatic rings. The first kappa shape index (κ1) is 10.6. The lowest BCUT2D eigenvalue weighted by Gasteiger charge is -2.14. The van der Waals surface area contributed by atoms with Gasteiger partial charge >= 0.3 is 5.97 Å². The number of nitrogens with zero attached hydrogens (tertiary/aromatic N) is 1. The van der Waals surface area contributed by atoms with E-state index in [-0.39, 0.29) is 17.6 Å². The molecule has 1 amide bonds. The standard InChI is InChI=1S/C11H11NO4/c1-7-6-10(13)12(16-7)9-4-2-8(3-5-9)11(14)15/h2-5,7H,6H2,1H3,(H,14,15). The zero-order chi connectivity index (χ0) is 11.7. The first-order valence-corrected chi connectivity index (χ1v) is 4.91. The molecule has 0 saturated carbocycles. The molecule has 1 N–H and O–H groups in total. The molecule has 1 aromatic rings. The maximum atomic E-state index is 11.5. The largest absolute Gasteiger partial charge is 0.478 e. The first-order chi connectivity index (χ1) is 7.58. The van der Waals surface area contributed by atoms with E-state index in [1.54, 1.807) is 12.1 Å². The lowest BCUT2D eigenvalue weighted by molar-refractivity contribution is -0.119. The van der Waals surface area contributed by atoms with Gasteiger partial charge in [-0.1, -0.05) is 0 Å². The molecule has 0 aliphatic carbocycles. The van der Waals surface area contributed by atoms with Crippen LogP contribution in [0.25, 0.3) is 0 Å². The van der Waals surface area contributed by atoms with Crippen LogP contribution in [0.2, 0.25) is 0 Å². The van der Waals surface area contributed by atoms with Crippen LogP contribution in [0.15, 0.2) is 24.3 Å². The number of rotatable bonds is 2. The Labute approximate surface area is 92.2 Å². The van der Waals surface area contributed by atoms with Crippen LogP contribution < -0.4 is 5.06 Å². The van der Waals surface area contributed by atoms with Gasteiger partial charge in [0.05, 0.1) is 23.8 Å². The molecule has 5 nitrogen and oxygen atoms in total. The Balaban J connectivity index is 2.22. The molecule has 1 heterocycles. The van der Waals surface area contributed by atoms with Crippen LogP contribution in [0.5, 0.6) is 0 Å². The number of aromatic carboxylic acids is 1. The molecule has 16 heavy (non-hydrogen) atoms. The minimum Gasteiger partial charge on any atom is -0.478 e. The van der Waals surface area contributed by atoms with E-state index in [0.717, 1.165) is 0 Å². The minimum absolute atomic E-state index is 0.115. The van der Waals surface area contributed by atoms with Gasteiger partial charge in [-0.15, -0.1) is 0 Å². The summed E-state index contributed by atoms with van der Waals surface area (Å²) >= 11 is 0. The van der Waals surface area contributed by atoms with E-state index in [0.29, 0.717) is 12.1 Å². The second kappa shape index (κ2) is 3.94. The van der Waals surface area contributed by atoms with Crippen molar-refractivity contribution in [3.8, 4) is 0 Å². The highest BCUT2D eigenvalue weighted by atomic mass is 16.7. The molecule has 1 fully saturated rings. The molecule has 0 aromatic heterocycles. The second-order valence-electron chi connectivity index (χ2n) is 3.66. The summed E-state index contributed by atoms with van der Waals surface area (Å²) in [4.78, 5) is 27.4. The van der Waals surface area contributed by atoms with Gasteiger partial charge in [-0.3, -0.25) is 9.63 Å². The van der Waals surface area contributed by atoms with Crippen molar-refractivity contribution in [3.05, 3.63) is 29.8 Å². The van der Waals surface area contributed by atoms with E-state index >= 15 is 0 Å². The van der Waals surface area contributed by atoms with Gasteiger partial charge in [-0.2, -0.15) is 5.06 Å². The third-order valence-corrected chi connectivity index (χ3v) is 2.32. The molecule has 84 valence electrons. The molecular weight excluding hydrogens is 210 g/mol. The van der Waals surface area contributed by atoms with Gasteiger partial charge in [0.2, 0.25) is 0 Å². The van der Waals surface area contributed by atoms with Gasteiger partial charge < -0.3 is 5.11 Å². The fourth-order valence-electron chi connectivity index (χ4n) is 1.55. The molecule has 0 bridgehead atoms. The fourth-order valence-corrected chi connectivity index (χ4v) is 1.55. The van der Waals surface area contributed by atoms with Crippen LogP contribution in [0.4, 0.5) is 5.69 Å². The Kier molecular flexibility index (Phi) is 2.62. The number of anilines is 1. The van der Waals surface area contributed by atoms with E-state index in [2.05, 4.69) is 0 Å². The predicted octanol–water partition coefficient (Wildman–Crippen LogP) is 1.44. The Morgan fingerprint density at radius 3 is 2.50 bits per heavy atom. The average molecular weight is 221 g/mol. The molecule has 1 unspecified atom stereocenters. The second-order valence-corrected chi connectivity index (χ2v) is 3.66. The van der Waals surface area contributed by atoms with E-state index in [1.165, 1.54) is 17.2 Å². The molecular formula is C11H11NO4. The zero-order valence-electron chi connectivity index (χ0n) is 8.71. The van der Waals surface area contributed by atoms with Crippen molar-refractivity contribution >= 4 is 17.6 Å². The quantitative estimate of drug-likeness (QED) is 0.820. The van der Waals surface area contributed by atoms with Gasteiger partial charge in [-0.25, -0.2) is 4.79 Å². The summed E-state index contributed by atoms with van der Waals surface area (Å²) in [5.41, 5.74) is 0.739. The Bertz CT molecular complexity index is 426. The topological polar surface area (TPSA) is 66.8 Å². The SMILES string of the molecule is CC1CC(=O)N(c2ccc(C(=O)O)cc2)O1. The van der Waals surface area contributed by atoms with Crippen molar-refractivity contribution in [1.29, 1.82) is 0 Å². The maximum absolute atomic E-state index is 11.5. The molecule has 1 saturated heterocycles. The molecule has 0 spiro atoms. The molecule has 2 rings (SSSR count). The van der Waals surface area contributed by atoms with Crippen LogP contribution in [0.3, 0.4) is 0 Å². The molecule has 1 atom stereocenters. The normalized spacial score (nSPS) is 20.2. The van der Waals surface area contributed by atoms with Crippen molar-refractivity contribution in [3.63, 3.8) is 0 Å². The highest BCUT2D eigenvalue weighted by molar-refractivity contribution is 5.94. The maximum Gasteiger partial charge on any atom is 0.335 e. The smallest absolute Gasteiger partial charge is 0.335 e. The van der Waals surface area contributed by atoms with E-state index < -0.39 is 5.97 Å². The molecule has 1 aromatic carbocycles. The fraction of sp³-hybridized carbons (Fsp3) is 0.273. The summed E-state index contributed by atoms with van der Waals surface area (Å²) in [6.45, 7) is 1.81. The lowest BCUT2D eigenvalue weighted by Crippen LogP contribution is -2.22. The summed E-state index contributed by atoms with van der Waals surface area (Å²) in [6, 6.07) is 5.99. The molecule has 0 radical (unpaired) electrons. The number of carbonyl (C=O) groups excluding carboxylic acids is 1. The van der Waals surface area contributed by atoms with Gasteiger partial charge in [0.15, 0.2) is 0 Å². The summed E-state index contributed by atoms with van der Waals surface area (Å²) in [5, 5.41) is 9.93. The number of amides is 1. The van der Waals surface area contributed by atoms with Crippen LogP contribution in [-0.4, -0.2) is 23.1 Å². The lowest BCUT2D eigenvalue weighted by atomic mass is 10.2. The third kappa shape index (κ3) is 1.90. The Hall–Kier alpha value is -1.88. The number of hydroxylamine groups is 1. The van der Waals surface area contributed by atoms with Crippen molar-refractivity contribution in [2.24, 2.45) is 0 Å². The predicted molar refractivity (Wildman–Crippen MR) is 56.1 cm³/mol. The van der Waals surface area contributed by atoms with Crippen LogP contribution in [0, 0.1) is 0 Å². The molecule has 1 aliphatic heterocycles. The van der Waals surface area contributed by atoms with E-state index in [4.69, 9.17) is 9.94 Å². The van der Waals surface area contributed by atoms with Crippen LogP contribution in [-0.2, 0) is 9.63 Å². The number of carboxylic acid groups (broad SMARTS) is 1. The van der Waals surface area contributed by atoms with Gasteiger partial charge in [0.25, 0.3) is 5.91 Å². The molecule has 5 heteroatoms. The zero-order valence-corrected chi connectivity index (χ0v) is 8.71. The van der Waals surface area contributed by atoms with Crippen molar-refractivity contribution in [2.45, 2.75) is 19.4 Å². The van der Waals surface area contributed by atoms with E-state index in [1.807, 2.05) is 6.92 Å². The van der Waals surface area contributed by atoms with Gasteiger partial charge in [-0.05, 0) is 31.2 Å². The van der Waals surface area contributed by atoms with Gasteiger partial charge in [0, 0.05) is 0 Å². The number of carboxylic acids is 1. The van der Waals surface area contributed by atoms with Gasteiger partial charge in [0.1, 0.15) is 0 Å². The minimum atomic E-state index is -0.992. The number of carbonyl (C=O) groups is 2.